The third-order valence-electron chi connectivity index (χ3n) is 6.06. The summed E-state index contributed by atoms with van der Waals surface area (Å²) in [4.78, 5) is 0. The van der Waals surface area contributed by atoms with Crippen molar-refractivity contribution in [2.45, 2.75) is 90.0 Å². The van der Waals surface area contributed by atoms with Gasteiger partial charge in [0.25, 0.3) is 0 Å². The van der Waals surface area contributed by atoms with Gasteiger partial charge < -0.3 is 13.7 Å². The highest BCUT2D eigenvalue weighted by atomic mass is 28.4. The minimum atomic E-state index is -1.64. The maximum atomic E-state index is 6.34. The summed E-state index contributed by atoms with van der Waals surface area (Å²) in [6, 6.07) is 0. The Kier molecular flexibility index (Phi) is 4.24. The summed E-state index contributed by atoms with van der Waals surface area (Å²) in [6.45, 7) is 20.9. The second kappa shape index (κ2) is 5.08. The van der Waals surface area contributed by atoms with Crippen LogP contribution in [0.25, 0.3) is 0 Å². The molecule has 1 saturated heterocycles. The molecule has 0 aromatic carbocycles. The van der Waals surface area contributed by atoms with Crippen LogP contribution in [0.3, 0.4) is 0 Å². The molecule has 0 aromatic heterocycles. The van der Waals surface area contributed by atoms with Gasteiger partial charge in [-0.05, 0) is 64.0 Å². The topological polar surface area (TPSA) is 27.7 Å². The van der Waals surface area contributed by atoms with Crippen molar-refractivity contribution in [2.24, 2.45) is 5.92 Å². The first-order valence-electron chi connectivity index (χ1n) is 8.26. The lowest BCUT2D eigenvalue weighted by molar-refractivity contribution is 0.00578. The summed E-state index contributed by atoms with van der Waals surface area (Å²) in [6.07, 6.45) is 1.17. The van der Waals surface area contributed by atoms with Crippen LogP contribution in [0.1, 0.15) is 54.9 Å². The average Bonchev–Trinajstić information content (AvgIpc) is 2.98. The van der Waals surface area contributed by atoms with Gasteiger partial charge in [0.2, 0.25) is 0 Å². The normalized spacial score (nSPS) is 31.6. The zero-order valence-electron chi connectivity index (χ0n) is 15.4. The summed E-state index contributed by atoms with van der Waals surface area (Å²) < 4.78 is 18.6. The molecule has 0 bridgehead atoms. The largest absolute Gasteiger partial charge is 0.461 e. The number of rotatable bonds is 4. The molecule has 0 radical (unpaired) electrons. The molecule has 2 rings (SSSR count). The SMILES string of the molecule is CC1(C)OB(C2CC2CO[Si](C)(C)C(C)(C)C)OC1(C)C. The molecule has 1 aliphatic carbocycles. The number of hydrogen-bond donors (Lipinski definition) is 0. The van der Waals surface area contributed by atoms with Gasteiger partial charge in [-0.15, -0.1) is 0 Å². The minimum Gasteiger partial charge on any atom is -0.417 e. The highest BCUT2D eigenvalue weighted by Crippen LogP contribution is 2.53. The maximum absolute atomic E-state index is 6.34. The van der Waals surface area contributed by atoms with Crippen LogP contribution in [0.2, 0.25) is 23.9 Å². The van der Waals surface area contributed by atoms with E-state index >= 15 is 0 Å². The zero-order valence-corrected chi connectivity index (χ0v) is 16.4. The van der Waals surface area contributed by atoms with Gasteiger partial charge in [0.05, 0.1) is 11.2 Å². The third kappa shape index (κ3) is 3.41. The van der Waals surface area contributed by atoms with Crippen LogP contribution in [0, 0.1) is 5.92 Å². The fourth-order valence-corrected chi connectivity index (χ4v) is 3.46. The molecule has 1 heterocycles. The van der Waals surface area contributed by atoms with E-state index in [1.165, 1.54) is 6.42 Å². The Bertz CT molecular complexity index is 385. The standard InChI is InChI=1S/C16H33BO3Si/c1-14(2,3)21(8,9)18-11-12-10-13(12)17-19-15(4,5)16(6,7)20-17/h12-13H,10-11H2,1-9H3. The Labute approximate surface area is 132 Å². The van der Waals surface area contributed by atoms with E-state index in [9.17, 15) is 0 Å². The smallest absolute Gasteiger partial charge is 0.417 e. The van der Waals surface area contributed by atoms with Gasteiger partial charge in [-0.3, -0.25) is 0 Å². The van der Waals surface area contributed by atoms with E-state index < -0.39 is 8.32 Å². The monoisotopic (exact) mass is 312 g/mol. The van der Waals surface area contributed by atoms with Crippen LogP contribution in [-0.2, 0) is 13.7 Å². The first-order chi connectivity index (χ1) is 9.27. The predicted molar refractivity (Wildman–Crippen MR) is 91.1 cm³/mol. The minimum absolute atomic E-state index is 0.0528. The van der Waals surface area contributed by atoms with Crippen LogP contribution in [0.15, 0.2) is 0 Å². The first kappa shape index (κ1) is 17.5. The van der Waals surface area contributed by atoms with Crippen LogP contribution < -0.4 is 0 Å². The number of hydrogen-bond acceptors (Lipinski definition) is 3. The van der Waals surface area contributed by atoms with Crippen molar-refractivity contribution >= 4 is 15.4 Å². The molecule has 0 N–H and O–H groups in total. The van der Waals surface area contributed by atoms with E-state index in [-0.39, 0.29) is 23.4 Å². The Hall–Kier alpha value is 0.162. The van der Waals surface area contributed by atoms with E-state index in [0.29, 0.717) is 11.7 Å². The Balaban J connectivity index is 1.85. The average molecular weight is 312 g/mol. The molecule has 0 amide bonds. The summed E-state index contributed by atoms with van der Waals surface area (Å²) in [5, 5.41) is 0.279. The van der Waals surface area contributed by atoms with Crippen LogP contribution in [0.5, 0.6) is 0 Å². The van der Waals surface area contributed by atoms with Crippen LogP contribution >= 0.6 is 0 Å². The summed E-state index contributed by atoms with van der Waals surface area (Å²) in [5.41, 5.74) is -0.434. The lowest BCUT2D eigenvalue weighted by Gasteiger charge is -2.36. The van der Waals surface area contributed by atoms with E-state index in [0.717, 1.165) is 6.61 Å². The first-order valence-corrected chi connectivity index (χ1v) is 11.2. The van der Waals surface area contributed by atoms with Crippen molar-refractivity contribution in [3.8, 4) is 0 Å². The summed E-state index contributed by atoms with van der Waals surface area (Å²) in [5.74, 6) is 1.12. The molecule has 2 aliphatic rings. The van der Waals surface area contributed by atoms with Gasteiger partial charge in [0.15, 0.2) is 8.32 Å². The van der Waals surface area contributed by atoms with Crippen molar-refractivity contribution in [2.75, 3.05) is 6.61 Å². The van der Waals surface area contributed by atoms with E-state index in [1.54, 1.807) is 0 Å². The fraction of sp³-hybridized carbons (Fsp3) is 1.00. The zero-order chi connectivity index (χ0) is 16.3. The highest BCUT2D eigenvalue weighted by molar-refractivity contribution is 6.74. The molecule has 21 heavy (non-hydrogen) atoms. The van der Waals surface area contributed by atoms with Crippen molar-refractivity contribution in [1.82, 2.24) is 0 Å². The Morgan fingerprint density at radius 1 is 1.10 bits per heavy atom. The van der Waals surface area contributed by atoms with Gasteiger partial charge in [-0.1, -0.05) is 20.8 Å². The quantitative estimate of drug-likeness (QED) is 0.716. The molecule has 1 aliphatic heterocycles. The molecule has 122 valence electrons. The van der Waals surface area contributed by atoms with Gasteiger partial charge in [-0.25, -0.2) is 0 Å². The maximum Gasteiger partial charge on any atom is 0.461 e. The Morgan fingerprint density at radius 2 is 1.57 bits per heavy atom. The van der Waals surface area contributed by atoms with Crippen molar-refractivity contribution in [3.63, 3.8) is 0 Å². The van der Waals surface area contributed by atoms with Crippen molar-refractivity contribution in [3.05, 3.63) is 0 Å². The highest BCUT2D eigenvalue weighted by Gasteiger charge is 2.59. The van der Waals surface area contributed by atoms with Gasteiger partial charge in [0, 0.05) is 6.61 Å². The van der Waals surface area contributed by atoms with Crippen LogP contribution in [-0.4, -0.2) is 33.2 Å². The molecule has 2 atom stereocenters. The third-order valence-corrected chi connectivity index (χ3v) is 10.6. The molecule has 1 saturated carbocycles. The van der Waals surface area contributed by atoms with E-state index in [4.69, 9.17) is 13.7 Å². The summed E-state index contributed by atoms with van der Waals surface area (Å²) in [7, 11) is -1.69. The molecular weight excluding hydrogens is 279 g/mol. The molecule has 5 heteroatoms. The molecule has 0 spiro atoms. The second-order valence-corrected chi connectivity index (χ2v) is 14.2. The second-order valence-electron chi connectivity index (χ2n) is 9.36. The van der Waals surface area contributed by atoms with Crippen LogP contribution in [0.4, 0.5) is 0 Å². The lowest BCUT2D eigenvalue weighted by atomic mass is 9.81. The fourth-order valence-electron chi connectivity index (χ4n) is 2.39. The molecule has 2 unspecified atom stereocenters. The van der Waals surface area contributed by atoms with Gasteiger partial charge >= 0.3 is 7.12 Å². The van der Waals surface area contributed by atoms with Gasteiger partial charge in [0.1, 0.15) is 0 Å². The van der Waals surface area contributed by atoms with E-state index in [2.05, 4.69) is 61.6 Å². The van der Waals surface area contributed by atoms with Crippen molar-refractivity contribution < 1.29 is 13.7 Å². The lowest BCUT2D eigenvalue weighted by Crippen LogP contribution is -2.41. The predicted octanol–water partition coefficient (Wildman–Crippen LogP) is 4.49. The molecule has 2 fully saturated rings. The molecule has 0 aromatic rings. The Morgan fingerprint density at radius 3 is 2.00 bits per heavy atom. The van der Waals surface area contributed by atoms with E-state index in [1.807, 2.05) is 0 Å². The molecular formula is C16H33BO3Si. The van der Waals surface area contributed by atoms with Crippen molar-refractivity contribution in [1.29, 1.82) is 0 Å². The molecule has 3 nitrogen and oxygen atoms in total. The summed E-state index contributed by atoms with van der Waals surface area (Å²) >= 11 is 0. The van der Waals surface area contributed by atoms with Gasteiger partial charge in [-0.2, -0.15) is 0 Å².